The highest BCUT2D eigenvalue weighted by Crippen LogP contribution is 2.27. The standard InChI is InChI=1S/C10H13N3O3S/c1-5-8(14)11-3-4-13(5)10-12-7(9(15)16)6(2)17-10/h5H,3-4H2,1-2H3,(H,11,14)(H,15,16). The van der Waals surface area contributed by atoms with Crippen LogP contribution in [0, 0.1) is 6.92 Å². The zero-order valence-corrected chi connectivity index (χ0v) is 10.4. The molecule has 2 heterocycles. The minimum Gasteiger partial charge on any atom is -0.476 e. The molecule has 0 spiro atoms. The summed E-state index contributed by atoms with van der Waals surface area (Å²) in [6.45, 7) is 4.72. The van der Waals surface area contributed by atoms with Crippen LogP contribution in [-0.2, 0) is 4.79 Å². The first kappa shape index (κ1) is 11.8. The number of rotatable bonds is 2. The SMILES string of the molecule is Cc1sc(N2CCNC(=O)C2C)nc1C(=O)O. The Morgan fingerprint density at radius 2 is 2.35 bits per heavy atom. The van der Waals surface area contributed by atoms with Crippen LogP contribution in [-0.4, -0.2) is 41.1 Å². The Balaban J connectivity index is 2.30. The summed E-state index contributed by atoms with van der Waals surface area (Å²) in [6, 6.07) is -0.309. The lowest BCUT2D eigenvalue weighted by Gasteiger charge is -2.32. The van der Waals surface area contributed by atoms with Gasteiger partial charge in [0.25, 0.3) is 0 Å². The number of aromatic nitrogens is 1. The van der Waals surface area contributed by atoms with Crippen molar-refractivity contribution in [2.24, 2.45) is 0 Å². The third-order valence-electron chi connectivity index (χ3n) is 2.73. The van der Waals surface area contributed by atoms with Crippen molar-refractivity contribution >= 4 is 28.3 Å². The molecule has 0 radical (unpaired) electrons. The van der Waals surface area contributed by atoms with Gasteiger partial charge in [0.15, 0.2) is 10.8 Å². The van der Waals surface area contributed by atoms with E-state index in [0.717, 1.165) is 0 Å². The molecular weight excluding hydrogens is 242 g/mol. The van der Waals surface area contributed by atoms with Gasteiger partial charge in [-0.1, -0.05) is 0 Å². The number of amides is 1. The molecule has 1 amide bonds. The van der Waals surface area contributed by atoms with Gasteiger partial charge in [0.1, 0.15) is 6.04 Å². The Morgan fingerprint density at radius 3 is 2.94 bits per heavy atom. The predicted molar refractivity (Wildman–Crippen MR) is 63.6 cm³/mol. The first-order valence-electron chi connectivity index (χ1n) is 5.25. The largest absolute Gasteiger partial charge is 0.476 e. The van der Waals surface area contributed by atoms with Crippen LogP contribution in [0.1, 0.15) is 22.3 Å². The molecule has 92 valence electrons. The van der Waals surface area contributed by atoms with Crippen molar-refractivity contribution in [3.8, 4) is 0 Å². The van der Waals surface area contributed by atoms with Crippen LogP contribution >= 0.6 is 11.3 Å². The van der Waals surface area contributed by atoms with Gasteiger partial charge in [0, 0.05) is 18.0 Å². The molecule has 1 atom stereocenters. The summed E-state index contributed by atoms with van der Waals surface area (Å²) in [5, 5.41) is 12.3. The number of aryl methyl sites for hydroxylation is 1. The number of carbonyl (C=O) groups excluding carboxylic acids is 1. The molecule has 17 heavy (non-hydrogen) atoms. The van der Waals surface area contributed by atoms with E-state index in [2.05, 4.69) is 10.3 Å². The Hall–Kier alpha value is -1.63. The van der Waals surface area contributed by atoms with Gasteiger partial charge in [0.2, 0.25) is 5.91 Å². The summed E-state index contributed by atoms with van der Waals surface area (Å²) in [5.74, 6) is -1.08. The Morgan fingerprint density at radius 1 is 1.65 bits per heavy atom. The molecule has 1 aromatic heterocycles. The number of hydrogen-bond acceptors (Lipinski definition) is 5. The van der Waals surface area contributed by atoms with Crippen LogP contribution in [0.2, 0.25) is 0 Å². The van der Waals surface area contributed by atoms with E-state index in [9.17, 15) is 9.59 Å². The molecule has 1 unspecified atom stereocenters. The fourth-order valence-electron chi connectivity index (χ4n) is 1.75. The molecule has 2 rings (SSSR count). The van der Waals surface area contributed by atoms with E-state index >= 15 is 0 Å². The number of carbonyl (C=O) groups is 2. The monoisotopic (exact) mass is 255 g/mol. The number of aromatic carboxylic acids is 1. The Kier molecular flexibility index (Phi) is 3.01. The summed E-state index contributed by atoms with van der Waals surface area (Å²) in [5.41, 5.74) is 0.0724. The van der Waals surface area contributed by atoms with Gasteiger partial charge >= 0.3 is 5.97 Å². The highest BCUT2D eigenvalue weighted by molar-refractivity contribution is 7.15. The van der Waals surface area contributed by atoms with Crippen molar-refractivity contribution in [3.05, 3.63) is 10.6 Å². The van der Waals surface area contributed by atoms with E-state index in [0.29, 0.717) is 23.1 Å². The van der Waals surface area contributed by atoms with Crippen LogP contribution < -0.4 is 10.2 Å². The Bertz CT molecular complexity index is 471. The third kappa shape index (κ3) is 2.10. The first-order valence-corrected chi connectivity index (χ1v) is 6.07. The highest BCUT2D eigenvalue weighted by Gasteiger charge is 2.28. The molecule has 6 nitrogen and oxygen atoms in total. The average molecular weight is 255 g/mol. The maximum absolute atomic E-state index is 11.5. The van der Waals surface area contributed by atoms with Crippen molar-refractivity contribution in [3.63, 3.8) is 0 Å². The van der Waals surface area contributed by atoms with Crippen LogP contribution in [0.25, 0.3) is 0 Å². The van der Waals surface area contributed by atoms with Crippen molar-refractivity contribution in [2.45, 2.75) is 19.9 Å². The third-order valence-corrected chi connectivity index (χ3v) is 3.74. The average Bonchev–Trinajstić information content (AvgIpc) is 2.64. The molecule has 1 fully saturated rings. The molecule has 0 aromatic carbocycles. The number of thiazole rings is 1. The summed E-state index contributed by atoms with van der Waals surface area (Å²) in [6.07, 6.45) is 0. The number of carboxylic acids is 1. The number of anilines is 1. The quantitative estimate of drug-likeness (QED) is 0.803. The summed E-state index contributed by atoms with van der Waals surface area (Å²) in [7, 11) is 0. The van der Waals surface area contributed by atoms with Crippen LogP contribution in [0.3, 0.4) is 0 Å². The summed E-state index contributed by atoms with van der Waals surface area (Å²) < 4.78 is 0. The van der Waals surface area contributed by atoms with Gasteiger partial charge in [-0.15, -0.1) is 11.3 Å². The van der Waals surface area contributed by atoms with Gasteiger partial charge in [-0.3, -0.25) is 4.79 Å². The van der Waals surface area contributed by atoms with Crippen molar-refractivity contribution in [2.75, 3.05) is 18.0 Å². The number of hydrogen-bond donors (Lipinski definition) is 2. The van der Waals surface area contributed by atoms with E-state index in [-0.39, 0.29) is 17.6 Å². The molecule has 1 aromatic rings. The van der Waals surface area contributed by atoms with Gasteiger partial charge in [-0.2, -0.15) is 0 Å². The molecule has 0 saturated carbocycles. The minimum absolute atomic E-state index is 0.0546. The van der Waals surface area contributed by atoms with Gasteiger partial charge < -0.3 is 15.3 Å². The molecule has 1 aliphatic heterocycles. The van der Waals surface area contributed by atoms with E-state index in [1.54, 1.807) is 13.8 Å². The maximum atomic E-state index is 11.5. The first-order chi connectivity index (χ1) is 8.00. The summed E-state index contributed by atoms with van der Waals surface area (Å²) in [4.78, 5) is 29.0. The zero-order chi connectivity index (χ0) is 12.6. The lowest BCUT2D eigenvalue weighted by Crippen LogP contribution is -2.54. The smallest absolute Gasteiger partial charge is 0.355 e. The van der Waals surface area contributed by atoms with Crippen LogP contribution in [0.15, 0.2) is 0 Å². The normalized spacial score (nSPS) is 20.2. The van der Waals surface area contributed by atoms with Crippen molar-refractivity contribution < 1.29 is 14.7 Å². The second kappa shape index (κ2) is 4.33. The van der Waals surface area contributed by atoms with E-state index in [1.807, 2.05) is 4.90 Å². The number of nitrogens with one attached hydrogen (secondary N) is 1. The fourth-order valence-corrected chi connectivity index (χ4v) is 2.75. The number of carboxylic acid groups (broad SMARTS) is 1. The van der Waals surface area contributed by atoms with E-state index in [4.69, 9.17) is 5.11 Å². The van der Waals surface area contributed by atoms with Gasteiger partial charge in [-0.05, 0) is 13.8 Å². The lowest BCUT2D eigenvalue weighted by molar-refractivity contribution is -0.122. The van der Waals surface area contributed by atoms with Crippen LogP contribution in [0.5, 0.6) is 0 Å². The van der Waals surface area contributed by atoms with Crippen molar-refractivity contribution in [1.82, 2.24) is 10.3 Å². The second-order valence-electron chi connectivity index (χ2n) is 3.87. The molecular formula is C10H13N3O3S. The van der Waals surface area contributed by atoms with Crippen molar-refractivity contribution in [1.29, 1.82) is 0 Å². The molecule has 1 aliphatic rings. The van der Waals surface area contributed by atoms with Crippen LogP contribution in [0.4, 0.5) is 5.13 Å². The topological polar surface area (TPSA) is 82.5 Å². The maximum Gasteiger partial charge on any atom is 0.355 e. The predicted octanol–water partition coefficient (Wildman–Crippen LogP) is 0.474. The molecule has 0 bridgehead atoms. The highest BCUT2D eigenvalue weighted by atomic mass is 32.1. The van der Waals surface area contributed by atoms with E-state index in [1.165, 1.54) is 11.3 Å². The molecule has 1 saturated heterocycles. The number of piperazine rings is 1. The van der Waals surface area contributed by atoms with Gasteiger partial charge in [-0.25, -0.2) is 9.78 Å². The van der Waals surface area contributed by atoms with E-state index < -0.39 is 5.97 Å². The fraction of sp³-hybridized carbons (Fsp3) is 0.500. The lowest BCUT2D eigenvalue weighted by atomic mass is 10.2. The summed E-state index contributed by atoms with van der Waals surface area (Å²) >= 11 is 1.31. The Labute approximate surface area is 102 Å². The molecule has 0 aliphatic carbocycles. The zero-order valence-electron chi connectivity index (χ0n) is 9.56. The molecule has 7 heteroatoms. The second-order valence-corrected chi connectivity index (χ2v) is 5.05. The number of nitrogens with zero attached hydrogens (tertiary/aromatic N) is 2. The minimum atomic E-state index is -1.03. The van der Waals surface area contributed by atoms with Gasteiger partial charge in [0.05, 0.1) is 0 Å². The molecule has 2 N–H and O–H groups in total.